The van der Waals surface area contributed by atoms with Crippen molar-refractivity contribution in [3.63, 3.8) is 0 Å². The van der Waals surface area contributed by atoms with Gasteiger partial charge < -0.3 is 9.80 Å². The maximum Gasteiger partial charge on any atom is 0.249 e. The lowest BCUT2D eigenvalue weighted by Gasteiger charge is -2.45. The molecule has 0 bridgehead atoms. The third-order valence-electron chi connectivity index (χ3n) is 7.54. The molecule has 0 saturated carbocycles. The Morgan fingerprint density at radius 1 is 0.900 bits per heavy atom. The summed E-state index contributed by atoms with van der Waals surface area (Å²) in [6.45, 7) is 2.59. The minimum absolute atomic E-state index is 0.280. The van der Waals surface area contributed by atoms with E-state index in [1.54, 1.807) is 0 Å². The molecule has 1 unspecified atom stereocenters. The molecule has 3 aromatic carbocycles. The Balaban J connectivity index is 1.29. The SMILES string of the molecule is CN1CN(c2ccccc2)C2(CCN(C3Cc4cccc5cccc3c45)CC2)C1=O. The van der Waals surface area contributed by atoms with Gasteiger partial charge in [0.1, 0.15) is 5.54 Å². The molecule has 2 heterocycles. The highest BCUT2D eigenvalue weighted by molar-refractivity contribution is 5.93. The maximum atomic E-state index is 13.3. The molecule has 0 N–H and O–H groups in total. The minimum Gasteiger partial charge on any atom is -0.339 e. The van der Waals surface area contributed by atoms with Crippen LogP contribution < -0.4 is 4.90 Å². The van der Waals surface area contributed by atoms with Gasteiger partial charge in [0.2, 0.25) is 5.91 Å². The fraction of sp³-hybridized carbons (Fsp3) is 0.346. The molecule has 3 aliphatic rings. The number of rotatable bonds is 2. The van der Waals surface area contributed by atoms with Crippen LogP contribution in [0.25, 0.3) is 10.8 Å². The summed E-state index contributed by atoms with van der Waals surface area (Å²) in [6.07, 6.45) is 2.85. The summed E-state index contributed by atoms with van der Waals surface area (Å²) in [5.74, 6) is 0.280. The van der Waals surface area contributed by atoms with Gasteiger partial charge in [-0.05, 0) is 53.3 Å². The second-order valence-electron chi connectivity index (χ2n) is 9.06. The summed E-state index contributed by atoms with van der Waals surface area (Å²) in [6, 6.07) is 24.3. The average molecular weight is 398 g/mol. The zero-order valence-corrected chi connectivity index (χ0v) is 17.4. The van der Waals surface area contributed by atoms with E-state index >= 15 is 0 Å². The number of anilines is 1. The fourth-order valence-corrected chi connectivity index (χ4v) is 6.05. The van der Waals surface area contributed by atoms with Crippen molar-refractivity contribution >= 4 is 22.4 Å². The number of amides is 1. The van der Waals surface area contributed by atoms with Crippen LogP contribution in [0.3, 0.4) is 0 Å². The van der Waals surface area contributed by atoms with Crippen LogP contribution in [0.5, 0.6) is 0 Å². The first-order chi connectivity index (χ1) is 14.7. The van der Waals surface area contributed by atoms with E-state index in [1.165, 1.54) is 21.9 Å². The van der Waals surface area contributed by atoms with Crippen LogP contribution >= 0.6 is 0 Å². The molecule has 1 spiro atoms. The standard InChI is InChI=1S/C26H27N3O/c1-27-18-29(21-10-3-2-4-11-21)26(25(27)30)13-15-28(16-14-26)23-17-20-9-5-7-19-8-6-12-22(23)24(19)20/h2-12,23H,13-18H2,1H3. The molecule has 2 aliphatic heterocycles. The third kappa shape index (κ3) is 2.46. The second kappa shape index (κ2) is 6.58. The molecular weight excluding hydrogens is 370 g/mol. The summed E-state index contributed by atoms with van der Waals surface area (Å²) in [7, 11) is 1.94. The molecule has 4 nitrogen and oxygen atoms in total. The van der Waals surface area contributed by atoms with Crippen molar-refractivity contribution in [2.45, 2.75) is 30.8 Å². The number of nitrogens with zero attached hydrogens (tertiary/aromatic N) is 3. The van der Waals surface area contributed by atoms with Gasteiger partial charge in [-0.1, -0.05) is 54.6 Å². The first-order valence-electron chi connectivity index (χ1n) is 11.0. The maximum absolute atomic E-state index is 13.3. The quantitative estimate of drug-likeness (QED) is 0.648. The zero-order valence-electron chi connectivity index (χ0n) is 17.4. The molecule has 1 aliphatic carbocycles. The predicted molar refractivity (Wildman–Crippen MR) is 120 cm³/mol. The highest BCUT2D eigenvalue weighted by Crippen LogP contribution is 2.44. The number of carbonyl (C=O) groups is 1. The van der Waals surface area contributed by atoms with Gasteiger partial charge in [-0.3, -0.25) is 9.69 Å². The van der Waals surface area contributed by atoms with Gasteiger partial charge in [0.05, 0.1) is 6.67 Å². The largest absolute Gasteiger partial charge is 0.339 e. The Morgan fingerprint density at radius 3 is 2.40 bits per heavy atom. The lowest BCUT2D eigenvalue weighted by atomic mass is 9.84. The van der Waals surface area contributed by atoms with Gasteiger partial charge in [-0.2, -0.15) is 0 Å². The molecule has 1 amide bonds. The van der Waals surface area contributed by atoms with Gasteiger partial charge >= 0.3 is 0 Å². The van der Waals surface area contributed by atoms with Crippen LogP contribution in [-0.4, -0.2) is 48.1 Å². The van der Waals surface area contributed by atoms with Crippen LogP contribution in [0.2, 0.25) is 0 Å². The number of para-hydroxylation sites is 1. The minimum atomic E-state index is -0.399. The molecule has 1 atom stereocenters. The average Bonchev–Trinajstić information content (AvgIpc) is 3.28. The Labute approximate surface area is 177 Å². The van der Waals surface area contributed by atoms with E-state index in [4.69, 9.17) is 0 Å². The van der Waals surface area contributed by atoms with E-state index in [0.29, 0.717) is 12.7 Å². The highest BCUT2D eigenvalue weighted by atomic mass is 16.2. The predicted octanol–water partition coefficient (Wildman–Crippen LogP) is 4.21. The lowest BCUT2D eigenvalue weighted by molar-refractivity contribution is -0.132. The lowest BCUT2D eigenvalue weighted by Crippen LogP contribution is -2.56. The molecule has 0 radical (unpaired) electrons. The number of hydrogen-bond donors (Lipinski definition) is 0. The van der Waals surface area contributed by atoms with Gasteiger partial charge in [0.25, 0.3) is 0 Å². The molecule has 6 rings (SSSR count). The van der Waals surface area contributed by atoms with E-state index < -0.39 is 5.54 Å². The Kier molecular flexibility index (Phi) is 3.94. The van der Waals surface area contributed by atoms with Gasteiger partial charge in [-0.25, -0.2) is 0 Å². The van der Waals surface area contributed by atoms with Crippen molar-refractivity contribution in [3.05, 3.63) is 77.9 Å². The third-order valence-corrected chi connectivity index (χ3v) is 7.54. The van der Waals surface area contributed by atoms with Crippen LogP contribution in [0.4, 0.5) is 5.69 Å². The Bertz CT molecular complexity index is 1110. The number of hydrogen-bond acceptors (Lipinski definition) is 3. The monoisotopic (exact) mass is 397 g/mol. The Morgan fingerprint density at radius 2 is 1.63 bits per heavy atom. The molecule has 0 aromatic heterocycles. The number of likely N-dealkylation sites (tertiary alicyclic amines) is 1. The van der Waals surface area contributed by atoms with Crippen LogP contribution in [0.1, 0.15) is 30.0 Å². The number of piperidine rings is 1. The summed E-state index contributed by atoms with van der Waals surface area (Å²) in [5, 5.41) is 2.80. The van der Waals surface area contributed by atoms with Crippen molar-refractivity contribution in [1.29, 1.82) is 0 Å². The molecule has 4 heteroatoms. The van der Waals surface area contributed by atoms with Crippen molar-refractivity contribution in [2.24, 2.45) is 0 Å². The number of likely N-dealkylation sites (N-methyl/N-ethyl adjacent to an activating group) is 1. The van der Waals surface area contributed by atoms with E-state index in [0.717, 1.165) is 38.0 Å². The van der Waals surface area contributed by atoms with Crippen molar-refractivity contribution < 1.29 is 4.79 Å². The summed E-state index contributed by atoms with van der Waals surface area (Å²) < 4.78 is 0. The molecule has 30 heavy (non-hydrogen) atoms. The fourth-order valence-electron chi connectivity index (χ4n) is 6.05. The van der Waals surface area contributed by atoms with Gasteiger partial charge in [-0.15, -0.1) is 0 Å². The molecule has 2 saturated heterocycles. The smallest absolute Gasteiger partial charge is 0.249 e. The normalized spacial score (nSPS) is 23.1. The summed E-state index contributed by atoms with van der Waals surface area (Å²) in [4.78, 5) is 20.2. The van der Waals surface area contributed by atoms with E-state index in [1.807, 2.05) is 18.0 Å². The first kappa shape index (κ1) is 18.0. The number of benzene rings is 3. The molecular formula is C26H27N3O. The second-order valence-corrected chi connectivity index (χ2v) is 9.06. The van der Waals surface area contributed by atoms with Gasteiger partial charge in [0, 0.05) is 31.9 Å². The van der Waals surface area contributed by atoms with Crippen LogP contribution in [-0.2, 0) is 11.2 Å². The van der Waals surface area contributed by atoms with E-state index in [9.17, 15) is 4.79 Å². The number of carbonyl (C=O) groups excluding carboxylic acids is 1. The van der Waals surface area contributed by atoms with Crippen LogP contribution in [0.15, 0.2) is 66.7 Å². The van der Waals surface area contributed by atoms with Crippen molar-refractivity contribution in [2.75, 3.05) is 31.7 Å². The van der Waals surface area contributed by atoms with Crippen molar-refractivity contribution in [1.82, 2.24) is 9.80 Å². The molecule has 152 valence electrons. The van der Waals surface area contributed by atoms with Crippen LogP contribution in [0, 0.1) is 0 Å². The zero-order chi connectivity index (χ0) is 20.3. The van der Waals surface area contributed by atoms with E-state index in [2.05, 4.69) is 70.5 Å². The summed E-state index contributed by atoms with van der Waals surface area (Å²) in [5.41, 5.74) is 3.69. The van der Waals surface area contributed by atoms with Gasteiger partial charge in [0.15, 0.2) is 0 Å². The van der Waals surface area contributed by atoms with E-state index in [-0.39, 0.29) is 5.91 Å². The molecule has 3 aromatic rings. The first-order valence-corrected chi connectivity index (χ1v) is 11.0. The molecule has 2 fully saturated rings. The summed E-state index contributed by atoms with van der Waals surface area (Å²) >= 11 is 0. The highest BCUT2D eigenvalue weighted by Gasteiger charge is 2.53. The Hall–Kier alpha value is -2.85. The van der Waals surface area contributed by atoms with Crippen molar-refractivity contribution in [3.8, 4) is 0 Å². The topological polar surface area (TPSA) is 26.8 Å².